The smallest absolute Gasteiger partial charge is 0.177 e. The average molecular weight is 243 g/mol. The predicted octanol–water partition coefficient (Wildman–Crippen LogP) is 1.44. The lowest BCUT2D eigenvalue weighted by atomic mass is 10.3. The van der Waals surface area contributed by atoms with Gasteiger partial charge < -0.3 is 0 Å². The lowest BCUT2D eigenvalue weighted by molar-refractivity contribution is -0.0272. The summed E-state index contributed by atoms with van der Waals surface area (Å²) in [6, 6.07) is 0. The summed E-state index contributed by atoms with van der Waals surface area (Å²) in [5, 5.41) is 0. The summed E-state index contributed by atoms with van der Waals surface area (Å²) in [6.45, 7) is 10.6. The van der Waals surface area contributed by atoms with Crippen molar-refractivity contribution in [3.05, 3.63) is 0 Å². The molecule has 0 aromatic heterocycles. The van der Waals surface area contributed by atoms with Crippen molar-refractivity contribution in [2.24, 2.45) is 0 Å². The minimum atomic E-state index is -0.0823. The van der Waals surface area contributed by atoms with Crippen LogP contribution in [0.1, 0.15) is 46.5 Å². The van der Waals surface area contributed by atoms with Crippen LogP contribution in [0.25, 0.3) is 0 Å². The van der Waals surface area contributed by atoms with Crippen LogP contribution >= 0.6 is 0 Å². The highest BCUT2D eigenvalue weighted by molar-refractivity contribution is 6.32. The molecule has 0 aromatic carbocycles. The summed E-state index contributed by atoms with van der Waals surface area (Å²) in [7, 11) is 2.18. The van der Waals surface area contributed by atoms with Gasteiger partial charge in [-0.3, -0.25) is 14.0 Å². The maximum absolute atomic E-state index is 2.74. The zero-order valence-electron chi connectivity index (χ0n) is 11.6. The summed E-state index contributed by atoms with van der Waals surface area (Å²) < 4.78 is 5.48. The van der Waals surface area contributed by atoms with Crippen molar-refractivity contribution in [2.75, 3.05) is 26.7 Å². The molecule has 0 aliphatic carbocycles. The molecule has 1 fully saturated rings. The van der Waals surface area contributed by atoms with Crippen LogP contribution in [0, 0.1) is 0 Å². The molecule has 0 bridgehead atoms. The van der Waals surface area contributed by atoms with Gasteiger partial charge in [-0.2, -0.15) is 0 Å². The maximum Gasteiger partial charge on any atom is 0.177 e. The highest BCUT2D eigenvalue weighted by Gasteiger charge is 2.37. The molecule has 1 rings (SSSR count). The monoisotopic (exact) mass is 243 g/mol. The molecule has 0 amide bonds. The van der Waals surface area contributed by atoms with Crippen molar-refractivity contribution >= 4 is 9.84 Å². The molecular formula is C12H29N3Si. The Bertz CT molecular complexity index is 175. The van der Waals surface area contributed by atoms with Crippen LogP contribution in [0.4, 0.5) is 0 Å². The Morgan fingerprint density at radius 3 is 1.88 bits per heavy atom. The van der Waals surface area contributed by atoms with E-state index < -0.39 is 0 Å². The minimum absolute atomic E-state index is 0.0823. The number of hydrogen-bond acceptors (Lipinski definition) is 3. The van der Waals surface area contributed by atoms with Gasteiger partial charge in [0.15, 0.2) is 9.84 Å². The standard InChI is InChI=1S/C12H29N3Si/c1-5-8-10-14-12(13(4)7-3)15(16-14)11-9-6-2/h12H,5-11,16H2,1-4H3. The Labute approximate surface area is 104 Å². The highest BCUT2D eigenvalue weighted by Crippen LogP contribution is 2.20. The predicted molar refractivity (Wildman–Crippen MR) is 73.9 cm³/mol. The second-order valence-corrected chi connectivity index (χ2v) is 6.80. The first-order valence-corrected chi connectivity index (χ1v) is 8.19. The Hall–Kier alpha value is 0.0969. The molecule has 0 radical (unpaired) electrons. The van der Waals surface area contributed by atoms with E-state index in [0.717, 1.165) is 6.54 Å². The number of unbranched alkanes of at least 4 members (excludes halogenated alkanes) is 2. The van der Waals surface area contributed by atoms with Gasteiger partial charge in [-0.1, -0.05) is 33.6 Å². The normalized spacial score (nSPS) is 24.2. The largest absolute Gasteiger partial charge is 0.289 e. The average Bonchev–Trinajstić information content (AvgIpc) is 2.27. The molecule has 0 N–H and O–H groups in total. The molecule has 1 aliphatic rings. The van der Waals surface area contributed by atoms with E-state index in [1.807, 2.05) is 0 Å². The van der Waals surface area contributed by atoms with E-state index in [1.54, 1.807) is 0 Å². The third-order valence-corrected chi connectivity index (χ3v) is 5.52. The van der Waals surface area contributed by atoms with Gasteiger partial charge in [0, 0.05) is 0 Å². The summed E-state index contributed by atoms with van der Waals surface area (Å²) in [5.41, 5.74) is 0. The van der Waals surface area contributed by atoms with Crippen LogP contribution in [0.3, 0.4) is 0 Å². The van der Waals surface area contributed by atoms with E-state index in [-0.39, 0.29) is 9.84 Å². The van der Waals surface area contributed by atoms with Gasteiger partial charge in [-0.25, -0.2) is 0 Å². The van der Waals surface area contributed by atoms with E-state index in [0.29, 0.717) is 6.29 Å². The van der Waals surface area contributed by atoms with Crippen molar-refractivity contribution in [1.82, 2.24) is 14.0 Å². The summed E-state index contributed by atoms with van der Waals surface area (Å²) in [6.07, 6.45) is 6.01. The van der Waals surface area contributed by atoms with Gasteiger partial charge in [0.05, 0.1) is 0 Å². The van der Waals surface area contributed by atoms with Crippen LogP contribution in [0.15, 0.2) is 0 Å². The van der Waals surface area contributed by atoms with Crippen molar-refractivity contribution in [2.45, 2.75) is 52.7 Å². The number of nitrogens with zero attached hydrogens (tertiary/aromatic N) is 3. The first kappa shape index (κ1) is 14.2. The second kappa shape index (κ2) is 7.43. The third kappa shape index (κ3) is 3.55. The van der Waals surface area contributed by atoms with Gasteiger partial charge in [0.1, 0.15) is 6.29 Å². The van der Waals surface area contributed by atoms with E-state index in [2.05, 4.69) is 41.8 Å². The summed E-state index contributed by atoms with van der Waals surface area (Å²) in [4.78, 5) is 2.49. The Balaban J connectivity index is 2.38. The quantitative estimate of drug-likeness (QED) is 0.597. The Morgan fingerprint density at radius 1 is 1.00 bits per heavy atom. The molecule has 0 spiro atoms. The van der Waals surface area contributed by atoms with Gasteiger partial charge in [0.25, 0.3) is 0 Å². The van der Waals surface area contributed by atoms with Crippen LogP contribution in [-0.4, -0.2) is 56.8 Å². The lowest BCUT2D eigenvalue weighted by Crippen LogP contribution is -2.72. The zero-order chi connectivity index (χ0) is 12.0. The molecule has 1 saturated heterocycles. The minimum Gasteiger partial charge on any atom is -0.289 e. The van der Waals surface area contributed by atoms with Crippen LogP contribution in [-0.2, 0) is 0 Å². The zero-order valence-corrected chi connectivity index (χ0v) is 13.0. The van der Waals surface area contributed by atoms with Crippen molar-refractivity contribution in [3.63, 3.8) is 0 Å². The van der Waals surface area contributed by atoms with Gasteiger partial charge in [-0.05, 0) is 39.5 Å². The van der Waals surface area contributed by atoms with Gasteiger partial charge in [0.2, 0.25) is 0 Å². The van der Waals surface area contributed by atoms with Gasteiger partial charge >= 0.3 is 0 Å². The van der Waals surface area contributed by atoms with Crippen LogP contribution < -0.4 is 0 Å². The molecule has 4 heteroatoms. The molecule has 0 atom stereocenters. The molecule has 1 heterocycles. The van der Waals surface area contributed by atoms with E-state index >= 15 is 0 Å². The van der Waals surface area contributed by atoms with Crippen LogP contribution in [0.2, 0.25) is 0 Å². The Kier molecular flexibility index (Phi) is 6.57. The molecule has 16 heavy (non-hydrogen) atoms. The third-order valence-electron chi connectivity index (χ3n) is 3.51. The van der Waals surface area contributed by atoms with Crippen molar-refractivity contribution < 1.29 is 0 Å². The molecule has 3 nitrogen and oxygen atoms in total. The highest BCUT2D eigenvalue weighted by atomic mass is 28.2. The molecule has 0 aromatic rings. The van der Waals surface area contributed by atoms with E-state index in [4.69, 9.17) is 0 Å². The first-order valence-electron chi connectivity index (χ1n) is 6.92. The Morgan fingerprint density at radius 2 is 1.50 bits per heavy atom. The summed E-state index contributed by atoms with van der Waals surface area (Å²) in [5.74, 6) is 0. The molecule has 0 saturated carbocycles. The topological polar surface area (TPSA) is 9.72 Å². The summed E-state index contributed by atoms with van der Waals surface area (Å²) >= 11 is 0. The number of hydrogen-bond donors (Lipinski definition) is 0. The fourth-order valence-electron chi connectivity index (χ4n) is 2.33. The SMILES string of the molecule is CCCCN1[SiH2]N(CCCC)C1N(C)CC. The second-order valence-electron chi connectivity index (χ2n) is 4.89. The molecular weight excluding hydrogens is 214 g/mol. The van der Waals surface area contributed by atoms with E-state index in [1.165, 1.54) is 38.8 Å². The fraction of sp³-hybridized carbons (Fsp3) is 1.00. The number of rotatable bonds is 8. The van der Waals surface area contributed by atoms with Gasteiger partial charge in [-0.15, -0.1) is 0 Å². The fourth-order valence-corrected chi connectivity index (χ4v) is 4.53. The van der Waals surface area contributed by atoms with Crippen LogP contribution in [0.5, 0.6) is 0 Å². The van der Waals surface area contributed by atoms with Crippen molar-refractivity contribution in [3.8, 4) is 0 Å². The first-order chi connectivity index (χ1) is 7.74. The molecule has 96 valence electrons. The van der Waals surface area contributed by atoms with E-state index in [9.17, 15) is 0 Å². The molecule has 1 aliphatic heterocycles. The lowest BCUT2D eigenvalue weighted by Gasteiger charge is -2.54. The van der Waals surface area contributed by atoms with Crippen molar-refractivity contribution in [1.29, 1.82) is 0 Å². The maximum atomic E-state index is 2.74. The molecule has 0 unspecified atom stereocenters.